The molecule has 1 saturated heterocycles. The molecule has 1 fully saturated rings. The summed E-state index contributed by atoms with van der Waals surface area (Å²) in [6.07, 6.45) is 3.16. The Kier molecular flexibility index (Phi) is 5.02. The topological polar surface area (TPSA) is 85.0 Å². The fraction of sp³-hybridized carbons (Fsp3) is 0.611. The highest BCUT2D eigenvalue weighted by atomic mass is 35.5. The molecule has 2 heterocycles. The van der Waals surface area contributed by atoms with Crippen molar-refractivity contribution in [2.24, 2.45) is 0 Å². The molecule has 0 radical (unpaired) electrons. The van der Waals surface area contributed by atoms with Gasteiger partial charge in [-0.2, -0.15) is 0 Å². The number of carboxylic acid groups (broad SMARTS) is 1. The van der Waals surface area contributed by atoms with E-state index in [1.54, 1.807) is 0 Å². The third-order valence-corrected chi connectivity index (χ3v) is 5.40. The Balaban J connectivity index is 1.90. The number of halogens is 1. The molecule has 0 aliphatic carbocycles. The molecule has 1 unspecified atom stereocenters. The van der Waals surface area contributed by atoms with Crippen molar-refractivity contribution in [3.63, 3.8) is 0 Å². The van der Waals surface area contributed by atoms with Crippen LogP contribution in [-0.2, 0) is 4.79 Å². The lowest BCUT2D eigenvalue weighted by molar-refractivity contribution is -0.158. The van der Waals surface area contributed by atoms with E-state index in [1.807, 2.05) is 6.07 Å². The number of fused-ring (bicyclic) bond motifs is 1. The van der Waals surface area contributed by atoms with Crippen LogP contribution in [0, 0.1) is 0 Å². The molecule has 0 amide bonds. The molecule has 138 valence electrons. The molecule has 2 aliphatic heterocycles. The summed E-state index contributed by atoms with van der Waals surface area (Å²) in [6, 6.07) is 1.85. The van der Waals surface area contributed by atoms with Gasteiger partial charge >= 0.3 is 5.97 Å². The zero-order valence-electron chi connectivity index (χ0n) is 14.7. The van der Waals surface area contributed by atoms with E-state index in [4.69, 9.17) is 26.8 Å². The van der Waals surface area contributed by atoms with Crippen LogP contribution in [-0.4, -0.2) is 47.8 Å². The Bertz CT molecular complexity index is 674. The zero-order valence-corrected chi connectivity index (χ0v) is 15.4. The average Bonchev–Trinajstić information content (AvgIpc) is 2.59. The summed E-state index contributed by atoms with van der Waals surface area (Å²) < 4.78 is 11.6. The number of likely N-dealkylation sites (tertiary alicyclic amines) is 1. The molecule has 0 saturated carbocycles. The minimum absolute atomic E-state index is 0.0575. The van der Waals surface area contributed by atoms with Gasteiger partial charge in [0.15, 0.2) is 11.5 Å². The Morgan fingerprint density at radius 3 is 2.72 bits per heavy atom. The van der Waals surface area contributed by atoms with Crippen molar-refractivity contribution in [2.75, 3.05) is 32.0 Å². The van der Waals surface area contributed by atoms with Crippen molar-refractivity contribution in [3.05, 3.63) is 16.7 Å². The number of nitrogen functional groups attached to an aromatic ring is 1. The fourth-order valence-electron chi connectivity index (χ4n) is 3.55. The molecule has 1 aromatic rings. The van der Waals surface area contributed by atoms with E-state index in [1.165, 1.54) is 6.92 Å². The van der Waals surface area contributed by atoms with Gasteiger partial charge in [-0.15, -0.1) is 0 Å². The van der Waals surface area contributed by atoms with Crippen molar-refractivity contribution in [2.45, 2.75) is 44.6 Å². The van der Waals surface area contributed by atoms with E-state index in [2.05, 4.69) is 11.8 Å². The fourth-order valence-corrected chi connectivity index (χ4v) is 3.75. The van der Waals surface area contributed by atoms with Crippen LogP contribution < -0.4 is 15.2 Å². The number of hydrogen-bond acceptors (Lipinski definition) is 5. The van der Waals surface area contributed by atoms with Crippen molar-refractivity contribution in [1.82, 2.24) is 4.90 Å². The second-order valence-corrected chi connectivity index (χ2v) is 7.47. The van der Waals surface area contributed by atoms with E-state index in [9.17, 15) is 9.90 Å². The SMILES string of the molecule is CCCN1CCC(c2cc(Cl)c(N)c3c2OCC(C)(C(=O)O)O3)CC1. The minimum atomic E-state index is -1.46. The first kappa shape index (κ1) is 18.1. The van der Waals surface area contributed by atoms with Crippen LogP contribution in [0.2, 0.25) is 5.02 Å². The Morgan fingerprint density at radius 2 is 2.12 bits per heavy atom. The number of hydrogen-bond donors (Lipinski definition) is 2. The summed E-state index contributed by atoms with van der Waals surface area (Å²) >= 11 is 6.30. The summed E-state index contributed by atoms with van der Waals surface area (Å²) in [7, 11) is 0. The molecule has 7 heteroatoms. The summed E-state index contributed by atoms with van der Waals surface area (Å²) in [5, 5.41) is 9.77. The molecule has 0 spiro atoms. The molecule has 0 bridgehead atoms. The number of carbonyl (C=O) groups is 1. The molecular weight excluding hydrogens is 344 g/mol. The van der Waals surface area contributed by atoms with Crippen molar-refractivity contribution in [1.29, 1.82) is 0 Å². The molecule has 1 atom stereocenters. The summed E-state index contributed by atoms with van der Waals surface area (Å²) in [4.78, 5) is 13.9. The maximum absolute atomic E-state index is 11.5. The van der Waals surface area contributed by atoms with Gasteiger partial charge in [-0.05, 0) is 57.8 Å². The van der Waals surface area contributed by atoms with Gasteiger partial charge in [-0.3, -0.25) is 0 Å². The monoisotopic (exact) mass is 368 g/mol. The van der Waals surface area contributed by atoms with E-state index in [-0.39, 0.29) is 18.0 Å². The lowest BCUT2D eigenvalue weighted by atomic mass is 9.88. The zero-order chi connectivity index (χ0) is 18.2. The molecule has 3 rings (SSSR count). The number of benzene rings is 1. The first-order valence-corrected chi connectivity index (χ1v) is 9.13. The van der Waals surface area contributed by atoms with Crippen LogP contribution in [0.5, 0.6) is 11.5 Å². The molecule has 6 nitrogen and oxygen atoms in total. The minimum Gasteiger partial charge on any atom is -0.484 e. The van der Waals surface area contributed by atoms with Crippen molar-refractivity contribution >= 4 is 23.3 Å². The van der Waals surface area contributed by atoms with Crippen LogP contribution in [0.15, 0.2) is 6.07 Å². The standard InChI is InChI=1S/C18H25ClN2O4/c1-3-6-21-7-4-11(5-8-21)12-9-13(19)14(20)16-15(12)24-10-18(2,25-16)17(22)23/h9,11H,3-8,10,20H2,1-2H3,(H,22,23). The summed E-state index contributed by atoms with van der Waals surface area (Å²) in [5.41, 5.74) is 5.78. The molecule has 25 heavy (non-hydrogen) atoms. The maximum atomic E-state index is 11.5. The number of ether oxygens (including phenoxy) is 2. The van der Waals surface area contributed by atoms with E-state index in [0.717, 1.165) is 44.5 Å². The largest absolute Gasteiger partial charge is 0.484 e. The number of nitrogens with zero attached hydrogens (tertiary/aromatic N) is 1. The second-order valence-electron chi connectivity index (χ2n) is 7.06. The predicted molar refractivity (Wildman–Crippen MR) is 96.7 cm³/mol. The number of aliphatic carboxylic acids is 1. The first-order valence-electron chi connectivity index (χ1n) is 8.75. The highest BCUT2D eigenvalue weighted by Gasteiger charge is 2.43. The Labute approximate surface area is 152 Å². The second kappa shape index (κ2) is 6.92. The van der Waals surface area contributed by atoms with Gasteiger partial charge in [0, 0.05) is 5.56 Å². The first-order chi connectivity index (χ1) is 11.9. The number of anilines is 1. The van der Waals surface area contributed by atoms with Crippen molar-refractivity contribution < 1.29 is 19.4 Å². The summed E-state index contributed by atoms with van der Waals surface area (Å²) in [6.45, 7) is 6.78. The highest BCUT2D eigenvalue weighted by molar-refractivity contribution is 6.33. The van der Waals surface area contributed by atoms with E-state index < -0.39 is 11.6 Å². The van der Waals surface area contributed by atoms with Crippen LogP contribution >= 0.6 is 11.6 Å². The highest BCUT2D eigenvalue weighted by Crippen LogP contribution is 2.49. The molecule has 1 aromatic carbocycles. The number of piperidine rings is 1. The van der Waals surface area contributed by atoms with Gasteiger partial charge in [0.2, 0.25) is 5.60 Å². The third-order valence-electron chi connectivity index (χ3n) is 5.09. The predicted octanol–water partition coefficient (Wildman–Crippen LogP) is 3.13. The Hall–Kier alpha value is -1.66. The van der Waals surface area contributed by atoms with Crippen LogP contribution in [0.3, 0.4) is 0 Å². The van der Waals surface area contributed by atoms with Gasteiger partial charge < -0.3 is 25.2 Å². The van der Waals surface area contributed by atoms with Gasteiger partial charge in [0.05, 0.1) is 10.7 Å². The quantitative estimate of drug-likeness (QED) is 0.794. The lowest BCUT2D eigenvalue weighted by Crippen LogP contribution is -2.49. The molecular formula is C18H25ClN2O4. The molecule has 2 aliphatic rings. The molecule has 3 N–H and O–H groups in total. The van der Waals surface area contributed by atoms with Crippen molar-refractivity contribution in [3.8, 4) is 11.5 Å². The lowest BCUT2D eigenvalue weighted by Gasteiger charge is -2.37. The van der Waals surface area contributed by atoms with Crippen LogP contribution in [0.1, 0.15) is 44.6 Å². The maximum Gasteiger partial charge on any atom is 0.351 e. The normalized spacial score (nSPS) is 24.3. The molecule has 0 aromatic heterocycles. The Morgan fingerprint density at radius 1 is 1.44 bits per heavy atom. The third kappa shape index (κ3) is 3.37. The number of rotatable bonds is 4. The van der Waals surface area contributed by atoms with Gasteiger partial charge in [-0.25, -0.2) is 4.79 Å². The van der Waals surface area contributed by atoms with E-state index >= 15 is 0 Å². The summed E-state index contributed by atoms with van der Waals surface area (Å²) in [5.74, 6) is 0.0221. The smallest absolute Gasteiger partial charge is 0.351 e. The van der Waals surface area contributed by atoms with Crippen LogP contribution in [0.4, 0.5) is 5.69 Å². The number of carboxylic acids is 1. The van der Waals surface area contributed by atoms with Gasteiger partial charge in [0.1, 0.15) is 6.61 Å². The van der Waals surface area contributed by atoms with Gasteiger partial charge in [0.25, 0.3) is 0 Å². The average molecular weight is 369 g/mol. The van der Waals surface area contributed by atoms with E-state index in [0.29, 0.717) is 16.7 Å². The van der Waals surface area contributed by atoms with Gasteiger partial charge in [-0.1, -0.05) is 18.5 Å². The number of nitrogens with two attached hydrogens (primary N) is 1. The van der Waals surface area contributed by atoms with Crippen LogP contribution in [0.25, 0.3) is 0 Å².